The maximum Gasteiger partial charge on any atom is 0.407 e. The molecular weight excluding hydrogens is 732 g/mol. The Morgan fingerprint density at radius 1 is 0.589 bits per heavy atom. The van der Waals surface area contributed by atoms with Gasteiger partial charge in [-0.25, -0.2) is 9.59 Å². The molecule has 324 valence electrons. The van der Waals surface area contributed by atoms with Crippen molar-refractivity contribution in [2.45, 2.75) is 108 Å². The Morgan fingerprint density at radius 3 is 1.66 bits per heavy atom. The van der Waals surface area contributed by atoms with Crippen molar-refractivity contribution in [1.82, 2.24) is 31.9 Å². The zero-order valence-corrected chi connectivity index (χ0v) is 33.5. The Balaban J connectivity index is 4.58. The summed E-state index contributed by atoms with van der Waals surface area (Å²) in [5.74, 6) is -1.47. The lowest BCUT2D eigenvalue weighted by Crippen LogP contribution is -2.39. The Kier molecular flexibility index (Phi) is 31.5. The standard InChI is InChI=1S/C36H70N10O10/c1-26(28(37)10-4-8-19-45-35(51)55-25-24-54-23-22-53-3)42-20-21-46-36(52)56-27(13-15-31(47)43-17-7-5-11-29(38)33(39)49)14-16-32(48)44-18-9-6-12-30(41-2)34(40)50/h27-30,41-42H,1,4-25,37-38H2,2-3H3,(H2,39,49)(H2,40,50)(H,43,47)(H,44,48)(H,45,51)(H,46,52). The molecule has 4 atom stereocenters. The number of alkyl carbamates (subject to hydrolysis) is 2. The summed E-state index contributed by atoms with van der Waals surface area (Å²) >= 11 is 0. The van der Waals surface area contributed by atoms with E-state index >= 15 is 0 Å². The molecule has 0 aliphatic rings. The summed E-state index contributed by atoms with van der Waals surface area (Å²) in [4.78, 5) is 71.8. The van der Waals surface area contributed by atoms with E-state index in [1.165, 1.54) is 0 Å². The highest BCUT2D eigenvalue weighted by Gasteiger charge is 2.19. The minimum atomic E-state index is -0.722. The molecule has 0 aromatic rings. The normalized spacial score (nSPS) is 13.0. The predicted octanol–water partition coefficient (Wildman–Crippen LogP) is -0.909. The first-order valence-corrected chi connectivity index (χ1v) is 19.5. The average molecular weight is 803 g/mol. The summed E-state index contributed by atoms with van der Waals surface area (Å²) in [7, 11) is 3.24. The van der Waals surface area contributed by atoms with Gasteiger partial charge in [0.2, 0.25) is 23.6 Å². The minimum absolute atomic E-state index is 0.0669. The average Bonchev–Trinajstić information content (AvgIpc) is 3.16. The van der Waals surface area contributed by atoms with Crippen LogP contribution in [0.3, 0.4) is 0 Å². The molecule has 0 saturated carbocycles. The molecule has 0 heterocycles. The molecule has 0 rings (SSSR count). The van der Waals surface area contributed by atoms with E-state index in [1.807, 2.05) is 0 Å². The number of amides is 6. The van der Waals surface area contributed by atoms with Crippen LogP contribution in [0.5, 0.6) is 0 Å². The van der Waals surface area contributed by atoms with Crippen LogP contribution in [0.25, 0.3) is 0 Å². The van der Waals surface area contributed by atoms with Gasteiger partial charge < -0.3 is 73.8 Å². The van der Waals surface area contributed by atoms with Crippen molar-refractivity contribution < 1.29 is 47.7 Å². The second-order valence-corrected chi connectivity index (χ2v) is 13.2. The van der Waals surface area contributed by atoms with Crippen molar-refractivity contribution in [3.05, 3.63) is 12.3 Å². The van der Waals surface area contributed by atoms with Crippen LogP contribution in [0, 0.1) is 0 Å². The highest BCUT2D eigenvalue weighted by Crippen LogP contribution is 2.11. The van der Waals surface area contributed by atoms with Gasteiger partial charge in [0.05, 0.1) is 31.9 Å². The van der Waals surface area contributed by atoms with E-state index in [9.17, 15) is 28.8 Å². The second kappa shape index (κ2) is 34.0. The lowest BCUT2D eigenvalue weighted by molar-refractivity contribution is -0.122. The van der Waals surface area contributed by atoms with Crippen LogP contribution >= 0.6 is 0 Å². The topological polar surface area (TPSA) is 316 Å². The fraction of sp³-hybridized carbons (Fsp3) is 0.778. The van der Waals surface area contributed by atoms with Gasteiger partial charge in [-0.2, -0.15) is 0 Å². The lowest BCUT2D eigenvalue weighted by Gasteiger charge is -2.19. The van der Waals surface area contributed by atoms with Crippen molar-refractivity contribution in [1.29, 1.82) is 0 Å². The first-order valence-electron chi connectivity index (χ1n) is 19.5. The third-order valence-electron chi connectivity index (χ3n) is 8.52. The molecule has 20 nitrogen and oxygen atoms in total. The van der Waals surface area contributed by atoms with Crippen molar-refractivity contribution in [3.63, 3.8) is 0 Å². The second-order valence-electron chi connectivity index (χ2n) is 13.2. The molecule has 14 N–H and O–H groups in total. The number of hydrogen-bond acceptors (Lipinski definition) is 14. The summed E-state index contributed by atoms with van der Waals surface area (Å²) in [6.45, 7) is 7.09. The fourth-order valence-electron chi connectivity index (χ4n) is 5.07. The van der Waals surface area contributed by atoms with Gasteiger partial charge in [-0.1, -0.05) is 6.58 Å². The van der Waals surface area contributed by atoms with Gasteiger partial charge >= 0.3 is 12.2 Å². The van der Waals surface area contributed by atoms with Crippen LogP contribution in [0.15, 0.2) is 12.3 Å². The number of nitrogens with two attached hydrogens (primary N) is 4. The van der Waals surface area contributed by atoms with Crippen LogP contribution in [0.4, 0.5) is 9.59 Å². The Labute approximate surface area is 331 Å². The van der Waals surface area contributed by atoms with Crippen molar-refractivity contribution in [2.24, 2.45) is 22.9 Å². The maximum atomic E-state index is 12.7. The van der Waals surface area contributed by atoms with Gasteiger partial charge in [0.1, 0.15) is 12.7 Å². The molecule has 0 aromatic heterocycles. The summed E-state index contributed by atoms with van der Waals surface area (Å²) in [6.07, 6.45) is 4.23. The molecule has 0 spiro atoms. The SMILES string of the molecule is C=C(NCCNC(=O)OC(CCC(=O)NCCCCC(N)C(N)=O)CCC(=O)NCCCCC(NC)C(N)=O)C(N)CCCCNC(=O)OCCOCCOC. The summed E-state index contributed by atoms with van der Waals surface area (Å²) in [5.41, 5.74) is 22.9. The van der Waals surface area contributed by atoms with Gasteiger partial charge in [0, 0.05) is 64.4 Å². The largest absolute Gasteiger partial charge is 0.447 e. The summed E-state index contributed by atoms with van der Waals surface area (Å²) in [6, 6.07) is -1.49. The van der Waals surface area contributed by atoms with Gasteiger partial charge in [-0.3, -0.25) is 19.2 Å². The number of carbonyl (C=O) groups excluding carboxylic acids is 6. The van der Waals surface area contributed by atoms with Crippen LogP contribution in [-0.4, -0.2) is 133 Å². The smallest absolute Gasteiger partial charge is 0.407 e. The van der Waals surface area contributed by atoms with Gasteiger partial charge in [0.25, 0.3) is 0 Å². The highest BCUT2D eigenvalue weighted by molar-refractivity contribution is 5.80. The summed E-state index contributed by atoms with van der Waals surface area (Å²) in [5, 5.41) is 16.9. The number of unbranched alkanes of at least 4 members (excludes halogenated alkanes) is 3. The number of nitrogens with one attached hydrogen (secondary N) is 6. The van der Waals surface area contributed by atoms with Crippen LogP contribution in [0.1, 0.15) is 83.5 Å². The first-order chi connectivity index (χ1) is 26.8. The Morgan fingerprint density at radius 2 is 1.11 bits per heavy atom. The molecule has 56 heavy (non-hydrogen) atoms. The number of primary amides is 2. The highest BCUT2D eigenvalue weighted by atomic mass is 16.6. The van der Waals surface area contributed by atoms with E-state index in [-0.39, 0.29) is 56.7 Å². The summed E-state index contributed by atoms with van der Waals surface area (Å²) < 4.78 is 20.7. The molecule has 0 aliphatic heterocycles. The van der Waals surface area contributed by atoms with E-state index < -0.39 is 42.2 Å². The molecule has 0 fully saturated rings. The zero-order chi connectivity index (χ0) is 42.0. The van der Waals surface area contributed by atoms with Crippen molar-refractivity contribution in [2.75, 3.05) is 73.3 Å². The molecule has 0 saturated heterocycles. The monoisotopic (exact) mass is 803 g/mol. The molecule has 4 unspecified atom stereocenters. The first kappa shape index (κ1) is 51.8. The lowest BCUT2D eigenvalue weighted by atomic mass is 10.1. The molecule has 0 bridgehead atoms. The van der Waals surface area contributed by atoms with Crippen LogP contribution in [0.2, 0.25) is 0 Å². The number of ether oxygens (including phenoxy) is 4. The predicted molar refractivity (Wildman–Crippen MR) is 211 cm³/mol. The van der Waals surface area contributed by atoms with Crippen LogP contribution in [-0.2, 0) is 38.1 Å². The van der Waals surface area contributed by atoms with E-state index in [2.05, 4.69) is 38.5 Å². The molecule has 20 heteroatoms. The third kappa shape index (κ3) is 30.0. The third-order valence-corrected chi connectivity index (χ3v) is 8.52. The quantitative estimate of drug-likeness (QED) is 0.0343. The molecule has 6 amide bonds. The van der Waals surface area contributed by atoms with E-state index in [4.69, 9.17) is 41.9 Å². The Bertz CT molecular complexity index is 1150. The van der Waals surface area contributed by atoms with Gasteiger partial charge in [0.15, 0.2) is 0 Å². The molecule has 0 aromatic carbocycles. The van der Waals surface area contributed by atoms with E-state index in [1.54, 1.807) is 14.2 Å². The van der Waals surface area contributed by atoms with E-state index in [0.29, 0.717) is 103 Å². The number of methoxy groups -OCH3 is 1. The minimum Gasteiger partial charge on any atom is -0.447 e. The maximum absolute atomic E-state index is 12.7. The molecular formula is C36H70N10O10. The zero-order valence-electron chi connectivity index (χ0n) is 33.5. The molecule has 0 radical (unpaired) electrons. The number of carbonyl (C=O) groups is 6. The number of rotatable bonds is 36. The Hall–Kier alpha value is -4.24. The number of likely N-dealkylation sites (N-methyl/N-ethyl adjacent to an activating group) is 1. The van der Waals surface area contributed by atoms with Crippen molar-refractivity contribution in [3.8, 4) is 0 Å². The molecule has 0 aliphatic carbocycles. The van der Waals surface area contributed by atoms with E-state index in [0.717, 1.165) is 6.42 Å². The van der Waals surface area contributed by atoms with Gasteiger partial charge in [-0.15, -0.1) is 0 Å². The number of hydrogen-bond donors (Lipinski definition) is 10. The van der Waals surface area contributed by atoms with Crippen LogP contribution < -0.4 is 54.8 Å². The van der Waals surface area contributed by atoms with Crippen molar-refractivity contribution >= 4 is 35.8 Å². The fourth-order valence-corrected chi connectivity index (χ4v) is 5.07. The van der Waals surface area contributed by atoms with Gasteiger partial charge in [-0.05, 0) is 77.7 Å².